The predicted octanol–water partition coefficient (Wildman–Crippen LogP) is 4.84. The fourth-order valence-corrected chi connectivity index (χ4v) is 3.70. The quantitative estimate of drug-likeness (QED) is 0.336. The standard InChI is InChI=1S/C16H26NOP/c1-3-4-5-8-11-14-19(2)17(15-18)16-12-9-6-7-10-13-16/h6,9-10,12-13,15H,3-5,7-8,11,14H2,1-2H3. The molecule has 0 bridgehead atoms. The van der Waals surface area contributed by atoms with Crippen molar-refractivity contribution in [3.63, 3.8) is 0 Å². The molecule has 1 rings (SSSR count). The zero-order valence-electron chi connectivity index (χ0n) is 12.2. The Hall–Kier alpha value is -0.880. The summed E-state index contributed by atoms with van der Waals surface area (Å²) < 4.78 is 1.92. The van der Waals surface area contributed by atoms with Gasteiger partial charge in [-0.1, -0.05) is 50.8 Å². The molecule has 0 N–H and O–H groups in total. The van der Waals surface area contributed by atoms with Gasteiger partial charge in [-0.15, -0.1) is 0 Å². The Morgan fingerprint density at radius 1 is 1.26 bits per heavy atom. The maximum absolute atomic E-state index is 11.3. The Morgan fingerprint density at radius 2 is 2.05 bits per heavy atom. The first kappa shape index (κ1) is 16.2. The fourth-order valence-electron chi connectivity index (χ4n) is 2.11. The zero-order chi connectivity index (χ0) is 13.9. The molecule has 106 valence electrons. The van der Waals surface area contributed by atoms with E-state index < -0.39 is 0 Å². The van der Waals surface area contributed by atoms with E-state index in [4.69, 9.17) is 0 Å². The molecule has 0 aromatic carbocycles. The van der Waals surface area contributed by atoms with Crippen molar-refractivity contribution in [3.8, 4) is 0 Å². The maximum Gasteiger partial charge on any atom is 0.217 e. The third kappa shape index (κ3) is 6.20. The molecule has 0 saturated carbocycles. The van der Waals surface area contributed by atoms with Gasteiger partial charge in [0.15, 0.2) is 0 Å². The van der Waals surface area contributed by atoms with E-state index >= 15 is 0 Å². The lowest BCUT2D eigenvalue weighted by molar-refractivity contribution is -0.112. The number of rotatable bonds is 9. The second kappa shape index (κ2) is 9.97. The molecule has 0 aromatic heterocycles. The van der Waals surface area contributed by atoms with Crippen LogP contribution in [0.15, 0.2) is 36.1 Å². The van der Waals surface area contributed by atoms with Crippen molar-refractivity contribution in [2.75, 3.05) is 12.8 Å². The average molecular weight is 279 g/mol. The molecule has 2 nitrogen and oxygen atoms in total. The summed E-state index contributed by atoms with van der Waals surface area (Å²) in [4.78, 5) is 11.3. The van der Waals surface area contributed by atoms with E-state index in [0.29, 0.717) is 0 Å². The van der Waals surface area contributed by atoms with E-state index in [1.165, 1.54) is 32.1 Å². The van der Waals surface area contributed by atoms with Gasteiger partial charge in [-0.05, 0) is 45.9 Å². The van der Waals surface area contributed by atoms with Crippen LogP contribution in [0.2, 0.25) is 0 Å². The normalized spacial score (nSPS) is 15.8. The molecule has 0 saturated heterocycles. The van der Waals surface area contributed by atoms with E-state index in [9.17, 15) is 4.79 Å². The third-order valence-corrected chi connectivity index (χ3v) is 5.31. The van der Waals surface area contributed by atoms with Crippen LogP contribution in [0.5, 0.6) is 0 Å². The molecule has 1 amide bonds. The summed E-state index contributed by atoms with van der Waals surface area (Å²) in [5.41, 5.74) is 1.03. The maximum atomic E-state index is 11.3. The highest BCUT2D eigenvalue weighted by atomic mass is 31.1. The smallest absolute Gasteiger partial charge is 0.217 e. The fraction of sp³-hybridized carbons (Fsp3) is 0.562. The van der Waals surface area contributed by atoms with Gasteiger partial charge in [0.05, 0.1) is 0 Å². The number of carbonyl (C=O) groups is 1. The molecule has 1 unspecified atom stereocenters. The van der Waals surface area contributed by atoms with Gasteiger partial charge in [0.25, 0.3) is 0 Å². The first-order valence-electron chi connectivity index (χ1n) is 7.28. The Kier molecular flexibility index (Phi) is 8.49. The third-order valence-electron chi connectivity index (χ3n) is 3.28. The molecular formula is C16H26NOP. The monoisotopic (exact) mass is 279 g/mol. The molecule has 0 spiro atoms. The Balaban J connectivity index is 2.43. The molecule has 0 fully saturated rings. The minimum absolute atomic E-state index is 0.388. The summed E-state index contributed by atoms with van der Waals surface area (Å²) in [6, 6.07) is 0. The summed E-state index contributed by atoms with van der Waals surface area (Å²) in [6.45, 7) is 4.44. The highest BCUT2D eigenvalue weighted by Gasteiger charge is 2.14. The summed E-state index contributed by atoms with van der Waals surface area (Å²) >= 11 is 0. The molecule has 1 aliphatic rings. The van der Waals surface area contributed by atoms with Crippen molar-refractivity contribution in [1.82, 2.24) is 4.67 Å². The van der Waals surface area contributed by atoms with Crippen LogP contribution in [-0.4, -0.2) is 23.9 Å². The van der Waals surface area contributed by atoms with E-state index in [1.807, 2.05) is 16.8 Å². The van der Waals surface area contributed by atoms with Gasteiger partial charge in [0, 0.05) is 5.70 Å². The summed E-state index contributed by atoms with van der Waals surface area (Å²) in [6.07, 6.45) is 19.9. The zero-order valence-corrected chi connectivity index (χ0v) is 13.1. The molecule has 1 atom stereocenters. The van der Waals surface area contributed by atoms with Gasteiger partial charge in [0.1, 0.15) is 0 Å². The Labute approximate surface area is 119 Å². The number of unbranched alkanes of at least 4 members (excludes halogenated alkanes) is 4. The molecule has 19 heavy (non-hydrogen) atoms. The second-order valence-electron chi connectivity index (χ2n) is 4.90. The van der Waals surface area contributed by atoms with Crippen LogP contribution < -0.4 is 0 Å². The average Bonchev–Trinajstić information content (AvgIpc) is 2.68. The van der Waals surface area contributed by atoms with Crippen molar-refractivity contribution < 1.29 is 4.79 Å². The van der Waals surface area contributed by atoms with Gasteiger partial charge in [-0.2, -0.15) is 0 Å². The summed E-state index contributed by atoms with van der Waals surface area (Å²) in [5.74, 6) is 0. The van der Waals surface area contributed by atoms with E-state index in [1.54, 1.807) is 0 Å². The van der Waals surface area contributed by atoms with Crippen LogP contribution in [0.25, 0.3) is 0 Å². The Morgan fingerprint density at radius 3 is 2.79 bits per heavy atom. The largest absolute Gasteiger partial charge is 0.294 e. The van der Waals surface area contributed by atoms with E-state index in [-0.39, 0.29) is 8.07 Å². The van der Waals surface area contributed by atoms with Gasteiger partial charge in [-0.3, -0.25) is 9.46 Å². The van der Waals surface area contributed by atoms with Crippen LogP contribution in [-0.2, 0) is 4.79 Å². The summed E-state index contributed by atoms with van der Waals surface area (Å²) in [5, 5.41) is 0. The number of allylic oxidation sites excluding steroid dienone is 5. The van der Waals surface area contributed by atoms with Crippen LogP contribution in [0, 0.1) is 0 Å². The van der Waals surface area contributed by atoms with Crippen molar-refractivity contribution >= 4 is 14.5 Å². The molecule has 3 heteroatoms. The highest BCUT2D eigenvalue weighted by Crippen LogP contribution is 2.39. The Bertz CT molecular complexity index is 347. The van der Waals surface area contributed by atoms with Gasteiger partial charge in [0.2, 0.25) is 6.41 Å². The first-order valence-corrected chi connectivity index (χ1v) is 9.21. The highest BCUT2D eigenvalue weighted by molar-refractivity contribution is 7.55. The van der Waals surface area contributed by atoms with Crippen molar-refractivity contribution in [1.29, 1.82) is 0 Å². The van der Waals surface area contributed by atoms with Gasteiger partial charge < -0.3 is 0 Å². The lowest BCUT2D eigenvalue weighted by Crippen LogP contribution is -2.15. The van der Waals surface area contributed by atoms with Gasteiger partial charge >= 0.3 is 0 Å². The number of hydrogen-bond donors (Lipinski definition) is 0. The van der Waals surface area contributed by atoms with E-state index in [0.717, 1.165) is 24.7 Å². The number of carbonyl (C=O) groups excluding carboxylic acids is 1. The summed E-state index contributed by atoms with van der Waals surface area (Å²) in [7, 11) is -0.388. The van der Waals surface area contributed by atoms with Crippen LogP contribution >= 0.6 is 8.07 Å². The molecule has 0 heterocycles. The topological polar surface area (TPSA) is 20.3 Å². The molecular weight excluding hydrogens is 253 g/mol. The molecule has 0 radical (unpaired) electrons. The van der Waals surface area contributed by atoms with Crippen LogP contribution in [0.1, 0.15) is 45.4 Å². The van der Waals surface area contributed by atoms with Crippen molar-refractivity contribution in [3.05, 3.63) is 36.1 Å². The van der Waals surface area contributed by atoms with Crippen LogP contribution in [0.4, 0.5) is 0 Å². The van der Waals surface area contributed by atoms with Crippen LogP contribution in [0.3, 0.4) is 0 Å². The molecule has 0 aromatic rings. The number of hydrogen-bond acceptors (Lipinski definition) is 1. The van der Waals surface area contributed by atoms with E-state index in [2.05, 4.69) is 31.8 Å². The minimum Gasteiger partial charge on any atom is -0.294 e. The number of nitrogens with zero attached hydrogens (tertiary/aromatic N) is 1. The minimum atomic E-state index is -0.388. The lowest BCUT2D eigenvalue weighted by Gasteiger charge is -2.26. The second-order valence-corrected chi connectivity index (χ2v) is 7.10. The molecule has 0 aliphatic heterocycles. The SMILES string of the molecule is CCCCCCCP(C)N(C=O)C1=CC=CCC=C1. The van der Waals surface area contributed by atoms with Gasteiger partial charge in [-0.25, -0.2) is 0 Å². The predicted molar refractivity (Wildman–Crippen MR) is 85.4 cm³/mol. The first-order chi connectivity index (χ1) is 9.29. The number of amides is 1. The van der Waals surface area contributed by atoms with Crippen molar-refractivity contribution in [2.45, 2.75) is 45.4 Å². The lowest BCUT2D eigenvalue weighted by atomic mass is 10.2. The van der Waals surface area contributed by atoms with Crippen molar-refractivity contribution in [2.24, 2.45) is 0 Å². The molecule has 1 aliphatic carbocycles.